The second-order valence-electron chi connectivity index (χ2n) is 9.91. The molecule has 33 heavy (non-hydrogen) atoms. The summed E-state index contributed by atoms with van der Waals surface area (Å²) in [6.07, 6.45) is 4.67. The standard InChI is InChI=1S/C27H38O6/c1-8-9-19(14-20(28)29)21-24-22(23(30)17(6)18(7)33-24)26(32)27(25(21)31,12-10-15(2)3)13-11-16(4)5/h10-11,17-19,31H,8-9,12-14H2,1-7H3,(H,28,29)/t17-,18-,19+/m1/s1. The fraction of sp³-hybridized carbons (Fsp3) is 0.593. The summed E-state index contributed by atoms with van der Waals surface area (Å²) in [6, 6.07) is 0. The van der Waals surface area contributed by atoms with Gasteiger partial charge in [0.15, 0.2) is 11.6 Å². The van der Waals surface area contributed by atoms with Crippen LogP contribution in [0.5, 0.6) is 0 Å². The van der Waals surface area contributed by atoms with Gasteiger partial charge in [0.05, 0.1) is 17.8 Å². The van der Waals surface area contributed by atoms with Crippen LogP contribution in [-0.2, 0) is 19.1 Å². The smallest absolute Gasteiger partial charge is 0.303 e. The molecule has 1 aliphatic heterocycles. The molecule has 0 radical (unpaired) electrons. The van der Waals surface area contributed by atoms with Crippen molar-refractivity contribution in [3.63, 3.8) is 0 Å². The van der Waals surface area contributed by atoms with Gasteiger partial charge in [0.25, 0.3) is 0 Å². The van der Waals surface area contributed by atoms with Crippen molar-refractivity contribution in [3.8, 4) is 0 Å². The Labute approximate surface area is 197 Å². The number of Topliss-reactive ketones (excluding diaryl/α,β-unsaturated/α-hetero) is 2. The maximum absolute atomic E-state index is 14.0. The van der Waals surface area contributed by atoms with E-state index in [4.69, 9.17) is 4.74 Å². The highest BCUT2D eigenvalue weighted by Gasteiger charge is 2.54. The Kier molecular flexibility index (Phi) is 8.50. The summed E-state index contributed by atoms with van der Waals surface area (Å²) in [4.78, 5) is 39.1. The average molecular weight is 459 g/mol. The first-order valence-electron chi connectivity index (χ1n) is 11.8. The van der Waals surface area contributed by atoms with Gasteiger partial charge in [0, 0.05) is 11.5 Å². The van der Waals surface area contributed by atoms with E-state index in [-0.39, 0.29) is 42.1 Å². The van der Waals surface area contributed by atoms with E-state index in [1.807, 2.05) is 46.8 Å². The Hall–Kier alpha value is -2.63. The number of carboxylic acids is 1. The number of ketones is 2. The average Bonchev–Trinajstić information content (AvgIpc) is 2.71. The predicted octanol–water partition coefficient (Wildman–Crippen LogP) is 5.85. The fourth-order valence-corrected chi connectivity index (χ4v) is 4.53. The third-order valence-corrected chi connectivity index (χ3v) is 6.69. The topological polar surface area (TPSA) is 101 Å². The van der Waals surface area contributed by atoms with E-state index in [0.29, 0.717) is 18.4 Å². The summed E-state index contributed by atoms with van der Waals surface area (Å²) < 4.78 is 6.08. The van der Waals surface area contributed by atoms with Gasteiger partial charge in [-0.1, -0.05) is 43.6 Å². The number of aliphatic hydroxyl groups excluding tert-OH is 1. The molecule has 2 rings (SSSR count). The summed E-state index contributed by atoms with van der Waals surface area (Å²) in [5.74, 6) is -2.91. The molecule has 0 fully saturated rings. The molecule has 182 valence electrons. The van der Waals surface area contributed by atoms with Crippen molar-refractivity contribution in [3.05, 3.63) is 46.0 Å². The summed E-state index contributed by atoms with van der Waals surface area (Å²) in [7, 11) is 0. The fourth-order valence-electron chi connectivity index (χ4n) is 4.53. The van der Waals surface area contributed by atoms with Crippen LogP contribution in [0.15, 0.2) is 46.0 Å². The lowest BCUT2D eigenvalue weighted by Crippen LogP contribution is -2.47. The zero-order valence-corrected chi connectivity index (χ0v) is 20.9. The monoisotopic (exact) mass is 458 g/mol. The van der Waals surface area contributed by atoms with Crippen LogP contribution in [-0.4, -0.2) is 33.9 Å². The molecule has 3 atom stereocenters. The number of aliphatic hydroxyl groups is 1. The largest absolute Gasteiger partial charge is 0.511 e. The number of allylic oxidation sites excluding steroid dienone is 7. The van der Waals surface area contributed by atoms with E-state index >= 15 is 0 Å². The number of aliphatic carboxylic acids is 1. The Balaban J connectivity index is 2.91. The van der Waals surface area contributed by atoms with Gasteiger partial charge >= 0.3 is 5.97 Å². The Morgan fingerprint density at radius 1 is 1.09 bits per heavy atom. The molecule has 6 heteroatoms. The highest BCUT2D eigenvalue weighted by atomic mass is 16.5. The lowest BCUT2D eigenvalue weighted by Gasteiger charge is -2.42. The first kappa shape index (κ1) is 26.6. The molecule has 0 aromatic rings. The third-order valence-electron chi connectivity index (χ3n) is 6.69. The van der Waals surface area contributed by atoms with Gasteiger partial charge in [0.1, 0.15) is 23.2 Å². The van der Waals surface area contributed by atoms with Crippen molar-refractivity contribution in [1.29, 1.82) is 0 Å². The molecule has 0 aromatic heterocycles. The minimum absolute atomic E-state index is 0.0239. The van der Waals surface area contributed by atoms with Crippen LogP contribution in [0.1, 0.15) is 80.6 Å². The second-order valence-corrected chi connectivity index (χ2v) is 9.91. The molecule has 0 aromatic carbocycles. The maximum Gasteiger partial charge on any atom is 0.303 e. The Morgan fingerprint density at radius 2 is 1.64 bits per heavy atom. The summed E-state index contributed by atoms with van der Waals surface area (Å²) >= 11 is 0. The molecule has 0 saturated heterocycles. The van der Waals surface area contributed by atoms with Crippen LogP contribution in [0.25, 0.3) is 0 Å². The normalized spacial score (nSPS) is 23.0. The molecule has 2 aliphatic rings. The van der Waals surface area contributed by atoms with Crippen molar-refractivity contribution in [2.24, 2.45) is 17.3 Å². The number of ether oxygens (including phenoxy) is 1. The van der Waals surface area contributed by atoms with E-state index < -0.39 is 35.1 Å². The van der Waals surface area contributed by atoms with Gasteiger partial charge in [-0.25, -0.2) is 0 Å². The van der Waals surface area contributed by atoms with E-state index in [9.17, 15) is 24.6 Å². The lowest BCUT2D eigenvalue weighted by molar-refractivity contribution is -0.137. The number of carbonyl (C=O) groups is 3. The lowest BCUT2D eigenvalue weighted by atomic mass is 9.64. The quantitative estimate of drug-likeness (QED) is 0.332. The molecule has 1 aliphatic carbocycles. The van der Waals surface area contributed by atoms with Gasteiger partial charge in [0.2, 0.25) is 0 Å². The molecule has 2 N–H and O–H groups in total. The SMILES string of the molecule is CCC[C@@H](CC(=O)O)C1=C(O)C(CC=C(C)C)(CC=C(C)C)C(=O)C2=C1O[C@H](C)[C@@H](C)C2=O. The minimum atomic E-state index is -1.37. The molecule has 6 nitrogen and oxygen atoms in total. The van der Waals surface area contributed by atoms with Gasteiger partial charge in [-0.15, -0.1) is 0 Å². The van der Waals surface area contributed by atoms with Gasteiger partial charge in [-0.2, -0.15) is 0 Å². The van der Waals surface area contributed by atoms with Crippen molar-refractivity contribution in [2.75, 3.05) is 0 Å². The summed E-state index contributed by atoms with van der Waals surface area (Å²) in [5, 5.41) is 21.3. The highest BCUT2D eigenvalue weighted by molar-refractivity contribution is 6.25. The first-order chi connectivity index (χ1) is 15.4. The van der Waals surface area contributed by atoms with Crippen LogP contribution < -0.4 is 0 Å². The van der Waals surface area contributed by atoms with Crippen LogP contribution in [0.3, 0.4) is 0 Å². The van der Waals surface area contributed by atoms with E-state index in [0.717, 1.165) is 11.1 Å². The Bertz CT molecular complexity index is 918. The minimum Gasteiger partial charge on any atom is -0.511 e. The number of carboxylic acid groups (broad SMARTS) is 1. The molecule has 0 spiro atoms. The van der Waals surface area contributed by atoms with Crippen molar-refractivity contribution in [1.82, 2.24) is 0 Å². The molecule has 0 saturated carbocycles. The number of rotatable bonds is 9. The number of hydrogen-bond donors (Lipinski definition) is 2. The zero-order valence-electron chi connectivity index (χ0n) is 20.9. The molecule has 0 amide bonds. The maximum atomic E-state index is 14.0. The van der Waals surface area contributed by atoms with Crippen molar-refractivity contribution in [2.45, 2.75) is 86.7 Å². The van der Waals surface area contributed by atoms with Crippen LogP contribution in [0.2, 0.25) is 0 Å². The molecular formula is C27H38O6. The van der Waals surface area contributed by atoms with E-state index in [1.165, 1.54) is 0 Å². The van der Waals surface area contributed by atoms with Crippen molar-refractivity contribution >= 4 is 17.5 Å². The van der Waals surface area contributed by atoms with E-state index in [2.05, 4.69) is 0 Å². The highest BCUT2D eigenvalue weighted by Crippen LogP contribution is 2.51. The number of hydrogen-bond acceptors (Lipinski definition) is 5. The third kappa shape index (κ3) is 5.31. The predicted molar refractivity (Wildman–Crippen MR) is 128 cm³/mol. The molecule has 1 heterocycles. The molecule has 0 unspecified atom stereocenters. The van der Waals surface area contributed by atoms with Crippen LogP contribution >= 0.6 is 0 Å². The van der Waals surface area contributed by atoms with Crippen LogP contribution in [0.4, 0.5) is 0 Å². The van der Waals surface area contributed by atoms with E-state index in [1.54, 1.807) is 13.8 Å². The van der Waals surface area contributed by atoms with Crippen LogP contribution in [0, 0.1) is 17.3 Å². The number of carbonyl (C=O) groups excluding carboxylic acids is 2. The second kappa shape index (κ2) is 10.5. The van der Waals surface area contributed by atoms with Gasteiger partial charge < -0.3 is 14.9 Å². The van der Waals surface area contributed by atoms with Crippen molar-refractivity contribution < 1.29 is 29.3 Å². The summed E-state index contributed by atoms with van der Waals surface area (Å²) in [5.41, 5.74) is 0.885. The van der Waals surface area contributed by atoms with Gasteiger partial charge in [-0.05, 0) is 53.9 Å². The zero-order chi connectivity index (χ0) is 25.1. The molecule has 0 bridgehead atoms. The Morgan fingerprint density at radius 3 is 2.09 bits per heavy atom. The summed E-state index contributed by atoms with van der Waals surface area (Å²) in [6.45, 7) is 13.1. The molecular weight excluding hydrogens is 420 g/mol. The first-order valence-corrected chi connectivity index (χ1v) is 11.8. The van der Waals surface area contributed by atoms with Gasteiger partial charge in [-0.3, -0.25) is 14.4 Å².